The fourth-order valence-corrected chi connectivity index (χ4v) is 2.67. The van der Waals surface area contributed by atoms with Gasteiger partial charge in [0.1, 0.15) is 0 Å². The average Bonchev–Trinajstić information content (AvgIpc) is 2.38. The third-order valence-electron chi connectivity index (χ3n) is 3.03. The first-order valence-electron chi connectivity index (χ1n) is 5.77. The molecule has 0 amide bonds. The molecule has 2 rings (SSSR count). The van der Waals surface area contributed by atoms with Gasteiger partial charge in [-0.15, -0.1) is 0 Å². The number of rotatable bonds is 3. The summed E-state index contributed by atoms with van der Waals surface area (Å²) in [4.78, 5) is 2.18. The van der Waals surface area contributed by atoms with Gasteiger partial charge < -0.3 is 4.90 Å². The van der Waals surface area contributed by atoms with Crippen molar-refractivity contribution in [2.75, 3.05) is 11.9 Å². The number of halogens is 2. The van der Waals surface area contributed by atoms with Crippen molar-refractivity contribution in [3.8, 4) is 0 Å². The molecule has 0 saturated carbocycles. The normalized spacial score (nSPS) is 10.4. The van der Waals surface area contributed by atoms with Crippen LogP contribution in [0.2, 0.25) is 5.02 Å². The molecule has 2 aromatic carbocycles. The van der Waals surface area contributed by atoms with E-state index in [4.69, 9.17) is 11.6 Å². The number of hydrogen-bond acceptors (Lipinski definition) is 1. The molecule has 0 aliphatic heterocycles. The maximum absolute atomic E-state index is 6.10. The van der Waals surface area contributed by atoms with Crippen LogP contribution in [0.3, 0.4) is 0 Å². The van der Waals surface area contributed by atoms with Crippen LogP contribution >= 0.6 is 27.5 Å². The molecule has 0 radical (unpaired) electrons. The molecule has 1 nitrogen and oxygen atoms in total. The lowest BCUT2D eigenvalue weighted by Crippen LogP contribution is -2.12. The summed E-state index contributed by atoms with van der Waals surface area (Å²) in [6, 6.07) is 14.3. The largest absolute Gasteiger partial charge is 0.344 e. The average molecular weight is 325 g/mol. The number of anilines is 2. The van der Waals surface area contributed by atoms with Crippen molar-refractivity contribution in [1.82, 2.24) is 0 Å². The molecule has 0 aliphatic carbocycles. The van der Waals surface area contributed by atoms with Crippen molar-refractivity contribution in [2.24, 2.45) is 0 Å². The number of para-hydroxylation sites is 1. The van der Waals surface area contributed by atoms with E-state index < -0.39 is 0 Å². The third-order valence-corrected chi connectivity index (χ3v) is 3.87. The Morgan fingerprint density at radius 1 is 1.11 bits per heavy atom. The molecule has 0 atom stereocenters. The Morgan fingerprint density at radius 2 is 1.83 bits per heavy atom. The van der Waals surface area contributed by atoms with Crippen molar-refractivity contribution in [2.45, 2.75) is 12.3 Å². The predicted molar refractivity (Wildman–Crippen MR) is 83.3 cm³/mol. The maximum atomic E-state index is 6.10. The van der Waals surface area contributed by atoms with Crippen molar-refractivity contribution >= 4 is 38.9 Å². The van der Waals surface area contributed by atoms with Gasteiger partial charge in [0.15, 0.2) is 0 Å². The smallest absolute Gasteiger partial charge is 0.0464 e. The summed E-state index contributed by atoms with van der Waals surface area (Å²) in [5.41, 5.74) is 4.81. The molecule has 0 aromatic heterocycles. The van der Waals surface area contributed by atoms with Crippen LogP contribution in [0.25, 0.3) is 0 Å². The van der Waals surface area contributed by atoms with E-state index in [0.717, 1.165) is 16.0 Å². The quantitative estimate of drug-likeness (QED) is 0.691. The molecule has 0 bridgehead atoms. The second-order valence-electron chi connectivity index (χ2n) is 4.25. The van der Waals surface area contributed by atoms with Gasteiger partial charge in [-0.25, -0.2) is 0 Å². The van der Waals surface area contributed by atoms with E-state index in [2.05, 4.69) is 65.1 Å². The van der Waals surface area contributed by atoms with Gasteiger partial charge in [-0.1, -0.05) is 51.8 Å². The number of aryl methyl sites for hydroxylation is 1. The first-order chi connectivity index (χ1) is 8.63. The van der Waals surface area contributed by atoms with Crippen LogP contribution in [0.15, 0.2) is 42.5 Å². The van der Waals surface area contributed by atoms with E-state index in [1.54, 1.807) is 0 Å². The summed E-state index contributed by atoms with van der Waals surface area (Å²) in [7, 11) is 2.07. The Hall–Kier alpha value is -0.990. The fraction of sp³-hybridized carbons (Fsp3) is 0.200. The van der Waals surface area contributed by atoms with E-state index >= 15 is 0 Å². The standard InChI is InChI=1S/C15H15BrClN/c1-11-5-3-4-6-14(11)18(2)15-9-13(17)8-7-12(15)10-16/h3-9H,10H2,1-2H3. The monoisotopic (exact) mass is 323 g/mol. The minimum atomic E-state index is 0.759. The zero-order chi connectivity index (χ0) is 13.1. The summed E-state index contributed by atoms with van der Waals surface area (Å²) >= 11 is 9.63. The molecule has 0 unspecified atom stereocenters. The summed E-state index contributed by atoms with van der Waals surface area (Å²) in [6.45, 7) is 2.12. The Kier molecular flexibility index (Phi) is 4.31. The van der Waals surface area contributed by atoms with Crippen LogP contribution in [0.4, 0.5) is 11.4 Å². The van der Waals surface area contributed by atoms with Crippen LogP contribution in [0.1, 0.15) is 11.1 Å². The lowest BCUT2D eigenvalue weighted by Gasteiger charge is -2.24. The molecule has 2 aromatic rings. The molecule has 3 heteroatoms. The van der Waals surface area contributed by atoms with Gasteiger partial charge in [0.05, 0.1) is 0 Å². The van der Waals surface area contributed by atoms with Gasteiger partial charge in [-0.2, -0.15) is 0 Å². The zero-order valence-electron chi connectivity index (χ0n) is 10.5. The first kappa shape index (κ1) is 13.4. The van der Waals surface area contributed by atoms with Gasteiger partial charge in [0.2, 0.25) is 0 Å². The van der Waals surface area contributed by atoms with Gasteiger partial charge in [-0.05, 0) is 36.2 Å². The second kappa shape index (κ2) is 5.77. The van der Waals surface area contributed by atoms with Gasteiger partial charge in [0.25, 0.3) is 0 Å². The molecule has 0 heterocycles. The zero-order valence-corrected chi connectivity index (χ0v) is 12.8. The number of benzene rings is 2. The van der Waals surface area contributed by atoms with Crippen molar-refractivity contribution < 1.29 is 0 Å². The minimum Gasteiger partial charge on any atom is -0.344 e. The first-order valence-corrected chi connectivity index (χ1v) is 7.27. The second-order valence-corrected chi connectivity index (χ2v) is 5.25. The van der Waals surface area contributed by atoms with E-state index in [1.807, 2.05) is 12.1 Å². The highest BCUT2D eigenvalue weighted by Crippen LogP contribution is 2.32. The summed E-state index contributed by atoms with van der Waals surface area (Å²) in [5.74, 6) is 0. The maximum Gasteiger partial charge on any atom is 0.0464 e. The van der Waals surface area contributed by atoms with E-state index in [9.17, 15) is 0 Å². The van der Waals surface area contributed by atoms with Gasteiger partial charge in [-0.3, -0.25) is 0 Å². The van der Waals surface area contributed by atoms with Gasteiger partial charge >= 0.3 is 0 Å². The van der Waals surface area contributed by atoms with Crippen molar-refractivity contribution in [3.05, 3.63) is 58.6 Å². The Bertz CT molecular complexity index is 554. The number of alkyl halides is 1. The molecule has 0 saturated heterocycles. The fourth-order valence-electron chi connectivity index (χ4n) is 2.03. The van der Waals surface area contributed by atoms with E-state index in [0.29, 0.717) is 0 Å². The van der Waals surface area contributed by atoms with Crippen molar-refractivity contribution in [1.29, 1.82) is 0 Å². The third kappa shape index (κ3) is 2.70. The Balaban J connectivity index is 2.48. The van der Waals surface area contributed by atoms with Crippen LogP contribution < -0.4 is 4.90 Å². The predicted octanol–water partition coefficient (Wildman–Crippen LogP) is 5.31. The molecular formula is C15H15BrClN. The molecule has 0 aliphatic rings. The van der Waals surface area contributed by atoms with Crippen LogP contribution in [0.5, 0.6) is 0 Å². The van der Waals surface area contributed by atoms with Crippen LogP contribution in [-0.4, -0.2) is 7.05 Å². The molecule has 94 valence electrons. The molecule has 0 fully saturated rings. The molecule has 18 heavy (non-hydrogen) atoms. The topological polar surface area (TPSA) is 3.24 Å². The highest BCUT2D eigenvalue weighted by molar-refractivity contribution is 9.08. The van der Waals surface area contributed by atoms with E-state index in [-0.39, 0.29) is 0 Å². The van der Waals surface area contributed by atoms with Crippen molar-refractivity contribution in [3.63, 3.8) is 0 Å². The lowest BCUT2D eigenvalue weighted by molar-refractivity contribution is 1.16. The van der Waals surface area contributed by atoms with Crippen LogP contribution in [-0.2, 0) is 5.33 Å². The Labute approximate surface area is 122 Å². The van der Waals surface area contributed by atoms with Gasteiger partial charge in [0, 0.05) is 28.8 Å². The Morgan fingerprint density at radius 3 is 2.50 bits per heavy atom. The van der Waals surface area contributed by atoms with E-state index in [1.165, 1.54) is 16.8 Å². The summed E-state index contributed by atoms with van der Waals surface area (Å²) < 4.78 is 0. The highest BCUT2D eigenvalue weighted by atomic mass is 79.9. The number of nitrogens with zero attached hydrogens (tertiary/aromatic N) is 1. The van der Waals surface area contributed by atoms with Crippen LogP contribution in [0, 0.1) is 6.92 Å². The minimum absolute atomic E-state index is 0.759. The number of hydrogen-bond donors (Lipinski definition) is 0. The lowest BCUT2D eigenvalue weighted by atomic mass is 10.1. The highest BCUT2D eigenvalue weighted by Gasteiger charge is 2.11. The molecular weight excluding hydrogens is 310 g/mol. The summed E-state index contributed by atoms with van der Waals surface area (Å²) in [5, 5.41) is 1.57. The molecule has 0 N–H and O–H groups in total. The summed E-state index contributed by atoms with van der Waals surface area (Å²) in [6.07, 6.45) is 0. The molecule has 0 spiro atoms. The SMILES string of the molecule is Cc1ccccc1N(C)c1cc(Cl)ccc1CBr.